The first-order valence-electron chi connectivity index (χ1n) is 6.72. The summed E-state index contributed by atoms with van der Waals surface area (Å²) in [6.45, 7) is 15.8. The zero-order valence-corrected chi connectivity index (χ0v) is 12.4. The molecule has 0 radical (unpaired) electrons. The normalized spacial score (nSPS) is 14.6. The van der Waals surface area contributed by atoms with Crippen LogP contribution in [0.25, 0.3) is 0 Å². The Balaban J connectivity index is 3.61. The molecule has 0 bridgehead atoms. The van der Waals surface area contributed by atoms with E-state index in [-0.39, 0.29) is 5.41 Å². The van der Waals surface area contributed by atoms with Gasteiger partial charge in [-0.25, -0.2) is 0 Å². The minimum atomic E-state index is -0.406. The number of aliphatic hydroxyl groups excluding tert-OH is 1. The van der Waals surface area contributed by atoms with E-state index in [4.69, 9.17) is 4.74 Å². The molecule has 0 saturated heterocycles. The van der Waals surface area contributed by atoms with E-state index in [0.717, 1.165) is 6.54 Å². The quantitative estimate of drug-likeness (QED) is 0.655. The molecule has 3 nitrogen and oxygen atoms in total. The van der Waals surface area contributed by atoms with Gasteiger partial charge in [-0.2, -0.15) is 0 Å². The predicted molar refractivity (Wildman–Crippen MR) is 73.2 cm³/mol. The molecular weight excluding hydrogens is 214 g/mol. The Morgan fingerprint density at radius 3 is 2.18 bits per heavy atom. The highest BCUT2D eigenvalue weighted by Gasteiger charge is 2.21. The van der Waals surface area contributed by atoms with Gasteiger partial charge in [0.05, 0.1) is 12.7 Å². The zero-order valence-electron chi connectivity index (χ0n) is 12.4. The Kier molecular flexibility index (Phi) is 8.01. The van der Waals surface area contributed by atoms with Gasteiger partial charge < -0.3 is 15.2 Å². The average Bonchev–Trinajstić information content (AvgIpc) is 2.16. The summed E-state index contributed by atoms with van der Waals surface area (Å²) in [4.78, 5) is 0. The third kappa shape index (κ3) is 8.58. The van der Waals surface area contributed by atoms with Crippen LogP contribution in [0.2, 0.25) is 0 Å². The molecule has 0 aromatic rings. The highest BCUT2D eigenvalue weighted by Crippen LogP contribution is 2.24. The van der Waals surface area contributed by atoms with Crippen LogP contribution >= 0.6 is 0 Å². The number of hydrogen-bond acceptors (Lipinski definition) is 3. The van der Waals surface area contributed by atoms with Crippen LogP contribution in [-0.2, 0) is 4.74 Å². The molecule has 2 N–H and O–H groups in total. The SMILES string of the molecule is CC(C)COCC(O)CNCC(C)(C)C(C)C. The first-order chi connectivity index (χ1) is 7.75. The summed E-state index contributed by atoms with van der Waals surface area (Å²) < 4.78 is 5.40. The van der Waals surface area contributed by atoms with Gasteiger partial charge in [-0.1, -0.05) is 41.5 Å². The van der Waals surface area contributed by atoms with Gasteiger partial charge in [0.15, 0.2) is 0 Å². The third-order valence-electron chi connectivity index (χ3n) is 3.28. The molecule has 3 heteroatoms. The van der Waals surface area contributed by atoms with Crippen LogP contribution in [0.1, 0.15) is 41.5 Å². The molecular formula is C14H31NO2. The van der Waals surface area contributed by atoms with Crippen molar-refractivity contribution < 1.29 is 9.84 Å². The number of nitrogens with one attached hydrogen (secondary N) is 1. The monoisotopic (exact) mass is 245 g/mol. The van der Waals surface area contributed by atoms with Crippen LogP contribution in [0.4, 0.5) is 0 Å². The van der Waals surface area contributed by atoms with Gasteiger partial charge in [0.1, 0.15) is 0 Å². The molecule has 0 fully saturated rings. The molecule has 0 saturated carbocycles. The molecule has 0 rings (SSSR count). The number of rotatable bonds is 9. The highest BCUT2D eigenvalue weighted by atomic mass is 16.5. The largest absolute Gasteiger partial charge is 0.389 e. The van der Waals surface area contributed by atoms with Gasteiger partial charge >= 0.3 is 0 Å². The number of ether oxygens (including phenoxy) is 1. The van der Waals surface area contributed by atoms with E-state index in [0.29, 0.717) is 31.6 Å². The molecule has 0 aliphatic rings. The summed E-state index contributed by atoms with van der Waals surface area (Å²) in [5, 5.41) is 13.0. The van der Waals surface area contributed by atoms with E-state index in [1.54, 1.807) is 0 Å². The third-order valence-corrected chi connectivity index (χ3v) is 3.28. The Hall–Kier alpha value is -0.120. The van der Waals surface area contributed by atoms with Gasteiger partial charge in [-0.15, -0.1) is 0 Å². The maximum absolute atomic E-state index is 9.71. The smallest absolute Gasteiger partial charge is 0.0897 e. The molecule has 17 heavy (non-hydrogen) atoms. The Labute approximate surface area is 107 Å². The topological polar surface area (TPSA) is 41.5 Å². The van der Waals surface area contributed by atoms with Crippen molar-refractivity contribution in [1.29, 1.82) is 0 Å². The van der Waals surface area contributed by atoms with Crippen molar-refractivity contribution in [1.82, 2.24) is 5.32 Å². The fourth-order valence-electron chi connectivity index (χ4n) is 1.26. The van der Waals surface area contributed by atoms with E-state index in [1.807, 2.05) is 0 Å². The van der Waals surface area contributed by atoms with E-state index in [1.165, 1.54) is 0 Å². The molecule has 0 aliphatic carbocycles. The molecule has 0 aliphatic heterocycles. The summed E-state index contributed by atoms with van der Waals surface area (Å²) >= 11 is 0. The molecule has 0 aromatic heterocycles. The van der Waals surface area contributed by atoms with E-state index < -0.39 is 6.10 Å². The lowest BCUT2D eigenvalue weighted by atomic mass is 9.81. The lowest BCUT2D eigenvalue weighted by Crippen LogP contribution is -2.38. The van der Waals surface area contributed by atoms with E-state index in [2.05, 4.69) is 46.9 Å². The van der Waals surface area contributed by atoms with Crippen LogP contribution in [0, 0.1) is 17.3 Å². The van der Waals surface area contributed by atoms with Crippen molar-refractivity contribution in [2.24, 2.45) is 17.3 Å². The average molecular weight is 245 g/mol. The highest BCUT2D eigenvalue weighted by molar-refractivity contribution is 4.75. The van der Waals surface area contributed by atoms with Crippen LogP contribution in [0.5, 0.6) is 0 Å². The van der Waals surface area contributed by atoms with Crippen molar-refractivity contribution in [3.05, 3.63) is 0 Å². The zero-order chi connectivity index (χ0) is 13.5. The number of aliphatic hydroxyl groups is 1. The second kappa shape index (κ2) is 8.06. The summed E-state index contributed by atoms with van der Waals surface area (Å²) in [6, 6.07) is 0. The summed E-state index contributed by atoms with van der Waals surface area (Å²) in [5.74, 6) is 1.15. The number of hydrogen-bond donors (Lipinski definition) is 2. The first-order valence-corrected chi connectivity index (χ1v) is 6.72. The molecule has 1 unspecified atom stereocenters. The fraction of sp³-hybridized carbons (Fsp3) is 1.00. The summed E-state index contributed by atoms with van der Waals surface area (Å²) in [5.41, 5.74) is 0.262. The molecule has 1 atom stereocenters. The van der Waals surface area contributed by atoms with Crippen LogP contribution in [0.15, 0.2) is 0 Å². The molecule has 0 spiro atoms. The second-order valence-corrected chi connectivity index (χ2v) is 6.36. The van der Waals surface area contributed by atoms with Crippen molar-refractivity contribution in [3.8, 4) is 0 Å². The molecule has 0 heterocycles. The van der Waals surface area contributed by atoms with E-state index in [9.17, 15) is 5.11 Å². The lowest BCUT2D eigenvalue weighted by Gasteiger charge is -2.30. The molecule has 0 aromatic carbocycles. The van der Waals surface area contributed by atoms with E-state index >= 15 is 0 Å². The van der Waals surface area contributed by atoms with Crippen LogP contribution in [0.3, 0.4) is 0 Å². The van der Waals surface area contributed by atoms with Crippen LogP contribution in [-0.4, -0.2) is 37.5 Å². The van der Waals surface area contributed by atoms with Crippen molar-refractivity contribution in [2.75, 3.05) is 26.3 Å². The summed E-state index contributed by atoms with van der Waals surface area (Å²) in [6.07, 6.45) is -0.406. The minimum absolute atomic E-state index is 0.262. The maximum Gasteiger partial charge on any atom is 0.0897 e. The van der Waals surface area contributed by atoms with Crippen molar-refractivity contribution >= 4 is 0 Å². The Morgan fingerprint density at radius 1 is 1.12 bits per heavy atom. The van der Waals surface area contributed by atoms with Crippen molar-refractivity contribution in [2.45, 2.75) is 47.6 Å². The molecule has 104 valence electrons. The van der Waals surface area contributed by atoms with Gasteiger partial charge in [-0.05, 0) is 17.3 Å². The van der Waals surface area contributed by atoms with Gasteiger partial charge in [0.25, 0.3) is 0 Å². The maximum atomic E-state index is 9.71. The second-order valence-electron chi connectivity index (χ2n) is 6.36. The van der Waals surface area contributed by atoms with Gasteiger partial charge in [-0.3, -0.25) is 0 Å². The Bertz CT molecular complexity index is 191. The summed E-state index contributed by atoms with van der Waals surface area (Å²) in [7, 11) is 0. The minimum Gasteiger partial charge on any atom is -0.389 e. The van der Waals surface area contributed by atoms with Gasteiger partial charge in [0, 0.05) is 19.7 Å². The predicted octanol–water partition coefficient (Wildman–Crippen LogP) is 2.29. The standard InChI is InChI=1S/C14H31NO2/c1-11(2)8-17-9-13(16)7-15-10-14(5,6)12(3)4/h11-13,15-16H,7-10H2,1-6H3. The van der Waals surface area contributed by atoms with Crippen molar-refractivity contribution in [3.63, 3.8) is 0 Å². The van der Waals surface area contributed by atoms with Gasteiger partial charge in [0.2, 0.25) is 0 Å². The Morgan fingerprint density at radius 2 is 1.71 bits per heavy atom. The lowest BCUT2D eigenvalue weighted by molar-refractivity contribution is 0.0247. The van der Waals surface area contributed by atoms with Crippen LogP contribution < -0.4 is 5.32 Å². The first kappa shape index (κ1) is 16.9. The fourth-order valence-corrected chi connectivity index (χ4v) is 1.26. The molecule has 0 amide bonds.